The van der Waals surface area contributed by atoms with E-state index in [4.69, 9.17) is 11.6 Å². The molecule has 3 rings (SSSR count). The van der Waals surface area contributed by atoms with Gasteiger partial charge in [-0.25, -0.2) is 14.8 Å². The minimum atomic E-state index is -1.07. The van der Waals surface area contributed by atoms with Gasteiger partial charge in [0.2, 0.25) is 0 Å². The maximum Gasteiger partial charge on any atom is 0.338 e. The zero-order valence-electron chi connectivity index (χ0n) is 11.3. The zero-order chi connectivity index (χ0) is 15.5. The van der Waals surface area contributed by atoms with E-state index in [2.05, 4.69) is 15.0 Å². The van der Waals surface area contributed by atoms with Crippen molar-refractivity contribution in [2.45, 2.75) is 0 Å². The molecule has 0 unspecified atom stereocenters. The van der Waals surface area contributed by atoms with Crippen LogP contribution >= 0.6 is 11.6 Å². The Labute approximate surface area is 131 Å². The predicted octanol–water partition coefficient (Wildman–Crippen LogP) is 3.56. The van der Waals surface area contributed by atoms with Crippen molar-refractivity contribution in [3.05, 3.63) is 65.4 Å². The Morgan fingerprint density at radius 2 is 1.91 bits per heavy atom. The van der Waals surface area contributed by atoms with Crippen molar-refractivity contribution in [1.29, 1.82) is 0 Å². The van der Waals surface area contributed by atoms with Crippen LogP contribution in [-0.2, 0) is 0 Å². The highest BCUT2D eigenvalue weighted by Gasteiger charge is 2.15. The first-order chi connectivity index (χ1) is 10.6. The average molecular weight is 312 g/mol. The summed E-state index contributed by atoms with van der Waals surface area (Å²) in [6.07, 6.45) is 3.08. The molecule has 2 heterocycles. The van der Waals surface area contributed by atoms with Crippen molar-refractivity contribution in [2.24, 2.45) is 0 Å². The molecule has 0 aliphatic carbocycles. The Kier molecular flexibility index (Phi) is 3.80. The SMILES string of the molecule is O=C(O)c1cccnc1-c1nccc(-c2cccc(Cl)c2)n1. The van der Waals surface area contributed by atoms with Gasteiger partial charge in [-0.1, -0.05) is 23.7 Å². The number of aromatic carboxylic acids is 1. The van der Waals surface area contributed by atoms with Gasteiger partial charge in [0.25, 0.3) is 0 Å². The molecule has 0 radical (unpaired) electrons. The largest absolute Gasteiger partial charge is 0.478 e. The third kappa shape index (κ3) is 2.80. The third-order valence-corrected chi connectivity index (χ3v) is 3.26. The van der Waals surface area contributed by atoms with Gasteiger partial charge in [-0.15, -0.1) is 0 Å². The van der Waals surface area contributed by atoms with Crippen molar-refractivity contribution in [2.75, 3.05) is 0 Å². The number of benzene rings is 1. The van der Waals surface area contributed by atoms with Crippen LogP contribution in [0.4, 0.5) is 0 Å². The maximum atomic E-state index is 11.3. The first kappa shape index (κ1) is 14.2. The number of rotatable bonds is 3. The van der Waals surface area contributed by atoms with E-state index in [-0.39, 0.29) is 17.1 Å². The minimum absolute atomic E-state index is 0.0609. The molecule has 1 aromatic carbocycles. The molecule has 0 amide bonds. The summed E-state index contributed by atoms with van der Waals surface area (Å²) in [5.41, 5.74) is 1.77. The average Bonchev–Trinajstić information content (AvgIpc) is 2.55. The van der Waals surface area contributed by atoms with Crippen molar-refractivity contribution in [3.8, 4) is 22.8 Å². The molecule has 108 valence electrons. The molecule has 0 bridgehead atoms. The Bertz CT molecular complexity index is 852. The van der Waals surface area contributed by atoms with E-state index in [0.717, 1.165) is 5.56 Å². The number of carboxylic acid groups (broad SMARTS) is 1. The highest BCUT2D eigenvalue weighted by Crippen LogP contribution is 2.23. The lowest BCUT2D eigenvalue weighted by Gasteiger charge is -2.06. The van der Waals surface area contributed by atoms with E-state index < -0.39 is 5.97 Å². The van der Waals surface area contributed by atoms with Crippen LogP contribution in [0.25, 0.3) is 22.8 Å². The van der Waals surface area contributed by atoms with Gasteiger partial charge >= 0.3 is 5.97 Å². The van der Waals surface area contributed by atoms with Crippen molar-refractivity contribution >= 4 is 17.6 Å². The first-order valence-electron chi connectivity index (χ1n) is 6.43. The number of pyridine rings is 1. The lowest BCUT2D eigenvalue weighted by atomic mass is 10.1. The van der Waals surface area contributed by atoms with Crippen LogP contribution in [-0.4, -0.2) is 26.0 Å². The second kappa shape index (κ2) is 5.91. The van der Waals surface area contributed by atoms with E-state index >= 15 is 0 Å². The van der Waals surface area contributed by atoms with Gasteiger partial charge < -0.3 is 5.11 Å². The van der Waals surface area contributed by atoms with Gasteiger partial charge in [-0.2, -0.15) is 0 Å². The van der Waals surface area contributed by atoms with Crippen LogP contribution in [0.3, 0.4) is 0 Å². The second-order valence-electron chi connectivity index (χ2n) is 4.48. The molecule has 0 spiro atoms. The standard InChI is InChI=1S/C16H10ClN3O2/c17-11-4-1-3-10(9-11)13-6-8-19-15(20-13)14-12(16(21)22)5-2-7-18-14/h1-9H,(H,21,22). The van der Waals surface area contributed by atoms with Crippen LogP contribution in [0.5, 0.6) is 0 Å². The summed E-state index contributed by atoms with van der Waals surface area (Å²) in [5.74, 6) is -0.810. The number of aromatic nitrogens is 3. The molecule has 0 saturated heterocycles. The van der Waals surface area contributed by atoms with E-state index in [9.17, 15) is 9.90 Å². The highest BCUT2D eigenvalue weighted by molar-refractivity contribution is 6.30. The molecule has 5 nitrogen and oxygen atoms in total. The summed E-state index contributed by atoms with van der Waals surface area (Å²) in [5, 5.41) is 9.84. The Hall–Kier alpha value is -2.79. The summed E-state index contributed by atoms with van der Waals surface area (Å²) in [7, 11) is 0. The quantitative estimate of drug-likeness (QED) is 0.800. The number of carboxylic acids is 1. The summed E-state index contributed by atoms with van der Waals surface area (Å²) < 4.78 is 0. The smallest absolute Gasteiger partial charge is 0.338 e. The number of hydrogen-bond acceptors (Lipinski definition) is 4. The fraction of sp³-hybridized carbons (Fsp3) is 0. The fourth-order valence-electron chi connectivity index (χ4n) is 2.04. The number of hydrogen-bond donors (Lipinski definition) is 1. The first-order valence-corrected chi connectivity index (χ1v) is 6.80. The van der Waals surface area contributed by atoms with Gasteiger partial charge in [-0.3, -0.25) is 4.98 Å². The molecular formula is C16H10ClN3O2. The monoisotopic (exact) mass is 311 g/mol. The summed E-state index contributed by atoms with van der Waals surface area (Å²) in [6, 6.07) is 12.0. The van der Waals surface area contributed by atoms with Crippen LogP contribution in [0.15, 0.2) is 54.9 Å². The molecule has 0 aliphatic heterocycles. The van der Waals surface area contributed by atoms with Gasteiger partial charge in [0.05, 0.1) is 11.3 Å². The Balaban J connectivity index is 2.11. The molecule has 22 heavy (non-hydrogen) atoms. The molecule has 2 aromatic heterocycles. The number of halogens is 1. The van der Waals surface area contributed by atoms with Crippen molar-refractivity contribution < 1.29 is 9.90 Å². The van der Waals surface area contributed by atoms with Crippen LogP contribution in [0, 0.1) is 0 Å². The predicted molar refractivity (Wildman–Crippen MR) is 82.7 cm³/mol. The summed E-state index contributed by atoms with van der Waals surface area (Å²) in [4.78, 5) is 23.9. The normalized spacial score (nSPS) is 10.4. The molecule has 3 aromatic rings. The van der Waals surface area contributed by atoms with Crippen molar-refractivity contribution in [3.63, 3.8) is 0 Å². The fourth-order valence-corrected chi connectivity index (χ4v) is 2.23. The van der Waals surface area contributed by atoms with E-state index in [1.54, 1.807) is 30.5 Å². The van der Waals surface area contributed by atoms with Gasteiger partial charge in [0.15, 0.2) is 5.82 Å². The van der Waals surface area contributed by atoms with Crippen LogP contribution in [0.1, 0.15) is 10.4 Å². The van der Waals surface area contributed by atoms with Crippen LogP contribution in [0.2, 0.25) is 5.02 Å². The minimum Gasteiger partial charge on any atom is -0.478 e. The molecule has 0 saturated carbocycles. The zero-order valence-corrected chi connectivity index (χ0v) is 12.0. The van der Waals surface area contributed by atoms with E-state index in [1.165, 1.54) is 12.3 Å². The number of nitrogens with zero attached hydrogens (tertiary/aromatic N) is 3. The lowest BCUT2D eigenvalue weighted by Crippen LogP contribution is -2.03. The lowest BCUT2D eigenvalue weighted by molar-refractivity contribution is 0.0697. The Morgan fingerprint density at radius 3 is 2.68 bits per heavy atom. The van der Waals surface area contributed by atoms with E-state index in [0.29, 0.717) is 10.7 Å². The topological polar surface area (TPSA) is 76.0 Å². The number of carbonyl (C=O) groups is 1. The molecule has 0 atom stereocenters. The third-order valence-electron chi connectivity index (χ3n) is 3.03. The summed E-state index contributed by atoms with van der Waals surface area (Å²) >= 11 is 5.98. The maximum absolute atomic E-state index is 11.3. The molecule has 0 fully saturated rings. The Morgan fingerprint density at radius 1 is 1.05 bits per heavy atom. The van der Waals surface area contributed by atoms with E-state index in [1.807, 2.05) is 12.1 Å². The molecule has 6 heteroatoms. The molecule has 1 N–H and O–H groups in total. The van der Waals surface area contributed by atoms with Gasteiger partial charge in [0.1, 0.15) is 5.69 Å². The van der Waals surface area contributed by atoms with Crippen LogP contribution < -0.4 is 0 Å². The highest BCUT2D eigenvalue weighted by atomic mass is 35.5. The summed E-state index contributed by atoms with van der Waals surface area (Å²) in [6.45, 7) is 0. The van der Waals surface area contributed by atoms with Gasteiger partial charge in [0, 0.05) is 23.0 Å². The molecule has 0 aliphatic rings. The second-order valence-corrected chi connectivity index (χ2v) is 4.92. The van der Waals surface area contributed by atoms with Crippen molar-refractivity contribution in [1.82, 2.24) is 15.0 Å². The van der Waals surface area contributed by atoms with Gasteiger partial charge in [-0.05, 0) is 30.3 Å². The molecular weight excluding hydrogens is 302 g/mol.